The molecule has 0 spiro atoms. The van der Waals surface area contributed by atoms with Crippen LogP contribution in [0.5, 0.6) is 0 Å². The number of benzene rings is 4. The van der Waals surface area contributed by atoms with Gasteiger partial charge < -0.3 is 10.6 Å². The van der Waals surface area contributed by atoms with Crippen LogP contribution in [0.1, 0.15) is 76.6 Å². The van der Waals surface area contributed by atoms with Gasteiger partial charge in [0.05, 0.1) is 9.79 Å². The largest absolute Gasteiger partial charge is 0.380 e. The fraction of sp³-hybridized carbons (Fsp3) is 0.455. The third kappa shape index (κ3) is 6.96. The van der Waals surface area contributed by atoms with E-state index in [0.29, 0.717) is 32.9 Å². The van der Waals surface area contributed by atoms with E-state index in [1.165, 1.54) is 0 Å². The lowest BCUT2D eigenvalue weighted by molar-refractivity contribution is 0.301. The van der Waals surface area contributed by atoms with Gasteiger partial charge in [-0.1, -0.05) is 100 Å². The third-order valence-electron chi connectivity index (χ3n) is 13.1. The molecule has 12 heteroatoms. The average molecular weight is 838 g/mol. The molecular weight excluding hydrogens is 784 g/mol. The minimum atomic E-state index is -3.55. The number of anilines is 2. The first-order valence-electron chi connectivity index (χ1n) is 19.6. The Morgan fingerprint density at radius 3 is 1.25 bits per heavy atom. The van der Waals surface area contributed by atoms with Crippen LogP contribution >= 0.6 is 23.2 Å². The van der Waals surface area contributed by atoms with Crippen molar-refractivity contribution in [2.75, 3.05) is 23.7 Å². The monoisotopic (exact) mass is 836 g/mol. The second kappa shape index (κ2) is 14.9. The number of halogens is 2. The van der Waals surface area contributed by atoms with E-state index in [1.54, 1.807) is 32.9 Å². The van der Waals surface area contributed by atoms with Crippen LogP contribution in [0.25, 0.3) is 0 Å². The SMILES string of the molecule is CC[C@@H]1[C@H]2Nc3ccc(Cl)cc3C(C)(C)[C@@H]2CN1S(=O)(=O)c1ccc(C)cc1.CC[C@H]1[C@@H]2Nc3ccc(Cl)cc3C(C)(C)[C@H]2CN1S(=O)(=O)c1ccc(C)cc1. The molecule has 2 saturated heterocycles. The molecule has 56 heavy (non-hydrogen) atoms. The molecule has 8 nitrogen and oxygen atoms in total. The van der Waals surface area contributed by atoms with Gasteiger partial charge in [-0.2, -0.15) is 8.61 Å². The van der Waals surface area contributed by atoms with Crippen LogP contribution in [0.3, 0.4) is 0 Å². The minimum absolute atomic E-state index is 0.0777. The van der Waals surface area contributed by atoms with Crippen molar-refractivity contribution in [2.24, 2.45) is 11.8 Å². The Hall–Kier alpha value is -3.12. The summed E-state index contributed by atoms with van der Waals surface area (Å²) < 4.78 is 57.3. The van der Waals surface area contributed by atoms with Crippen molar-refractivity contribution >= 4 is 54.6 Å². The van der Waals surface area contributed by atoms with E-state index in [0.717, 1.165) is 46.5 Å². The van der Waals surface area contributed by atoms with Gasteiger partial charge >= 0.3 is 0 Å². The quantitative estimate of drug-likeness (QED) is 0.201. The molecular formula is C44H54Cl2N4O4S2. The van der Waals surface area contributed by atoms with Crippen molar-refractivity contribution in [3.05, 3.63) is 117 Å². The van der Waals surface area contributed by atoms with Crippen molar-refractivity contribution < 1.29 is 16.8 Å². The van der Waals surface area contributed by atoms with Gasteiger partial charge in [0.15, 0.2) is 0 Å². The predicted molar refractivity (Wildman–Crippen MR) is 229 cm³/mol. The molecule has 0 radical (unpaired) electrons. The molecule has 6 atom stereocenters. The first-order chi connectivity index (χ1) is 26.3. The van der Waals surface area contributed by atoms with Gasteiger partial charge in [-0.3, -0.25) is 0 Å². The topological polar surface area (TPSA) is 98.8 Å². The predicted octanol–water partition coefficient (Wildman–Crippen LogP) is 9.64. The van der Waals surface area contributed by atoms with Crippen LogP contribution in [-0.2, 0) is 30.9 Å². The van der Waals surface area contributed by atoms with Crippen molar-refractivity contribution in [3.63, 3.8) is 0 Å². The zero-order valence-electron chi connectivity index (χ0n) is 33.5. The van der Waals surface area contributed by atoms with E-state index in [2.05, 4.69) is 52.2 Å². The highest BCUT2D eigenvalue weighted by Crippen LogP contribution is 2.51. The van der Waals surface area contributed by atoms with Crippen LogP contribution in [0.15, 0.2) is 94.7 Å². The molecule has 0 aliphatic carbocycles. The summed E-state index contributed by atoms with van der Waals surface area (Å²) in [6.07, 6.45) is 1.52. The van der Waals surface area contributed by atoms with Crippen molar-refractivity contribution in [3.8, 4) is 0 Å². The number of hydrogen-bond donors (Lipinski definition) is 2. The van der Waals surface area contributed by atoms with Crippen LogP contribution in [0, 0.1) is 25.7 Å². The number of fused-ring (bicyclic) bond motifs is 4. The summed E-state index contributed by atoms with van der Waals surface area (Å²) in [5.74, 6) is 0.340. The Balaban J connectivity index is 0.000000172. The Morgan fingerprint density at radius 1 is 0.589 bits per heavy atom. The molecule has 4 aliphatic rings. The smallest absolute Gasteiger partial charge is 0.243 e. The molecule has 2 N–H and O–H groups in total. The van der Waals surface area contributed by atoms with Gasteiger partial charge in [0, 0.05) is 70.5 Å². The normalized spacial score (nSPS) is 26.4. The summed E-state index contributed by atoms with van der Waals surface area (Å²) in [5.41, 5.74) is 6.18. The first-order valence-corrected chi connectivity index (χ1v) is 23.3. The molecule has 0 bridgehead atoms. The maximum absolute atomic E-state index is 13.5. The van der Waals surface area contributed by atoms with E-state index in [1.807, 2.05) is 74.5 Å². The van der Waals surface area contributed by atoms with Gasteiger partial charge in [0.25, 0.3) is 0 Å². The van der Waals surface area contributed by atoms with Crippen LogP contribution < -0.4 is 10.6 Å². The molecule has 2 fully saturated rings. The number of hydrogen-bond acceptors (Lipinski definition) is 6. The molecule has 300 valence electrons. The van der Waals surface area contributed by atoms with E-state index in [-0.39, 0.29) is 46.8 Å². The highest BCUT2D eigenvalue weighted by atomic mass is 35.5. The van der Waals surface area contributed by atoms with Gasteiger partial charge in [0.2, 0.25) is 20.0 Å². The Morgan fingerprint density at radius 2 is 0.929 bits per heavy atom. The molecule has 4 aromatic rings. The minimum Gasteiger partial charge on any atom is -0.380 e. The molecule has 4 aliphatic heterocycles. The van der Waals surface area contributed by atoms with Crippen LogP contribution in [0.4, 0.5) is 11.4 Å². The Kier molecular flexibility index (Phi) is 10.9. The van der Waals surface area contributed by atoms with E-state index in [4.69, 9.17) is 23.2 Å². The summed E-state index contributed by atoms with van der Waals surface area (Å²) in [4.78, 5) is 0.738. The summed E-state index contributed by atoms with van der Waals surface area (Å²) >= 11 is 12.5. The highest BCUT2D eigenvalue weighted by molar-refractivity contribution is 7.89. The molecule has 8 rings (SSSR count). The summed E-state index contributed by atoms with van der Waals surface area (Å²) in [6, 6.07) is 26.1. The van der Waals surface area contributed by atoms with Crippen LogP contribution in [-0.4, -0.2) is 62.7 Å². The van der Waals surface area contributed by atoms with Gasteiger partial charge in [-0.05, 0) is 109 Å². The molecule has 0 saturated carbocycles. The molecule has 4 heterocycles. The first kappa shape index (κ1) is 41.1. The van der Waals surface area contributed by atoms with E-state index >= 15 is 0 Å². The second-order valence-corrected chi connectivity index (χ2v) is 21.8. The van der Waals surface area contributed by atoms with Gasteiger partial charge in [-0.15, -0.1) is 0 Å². The number of nitrogens with one attached hydrogen (secondary N) is 2. The lowest BCUT2D eigenvalue weighted by Gasteiger charge is -2.43. The fourth-order valence-corrected chi connectivity index (χ4v) is 13.6. The third-order valence-corrected chi connectivity index (χ3v) is 17.4. The van der Waals surface area contributed by atoms with E-state index in [9.17, 15) is 16.8 Å². The maximum atomic E-state index is 13.5. The number of rotatable bonds is 6. The lowest BCUT2D eigenvalue weighted by atomic mass is 9.67. The Bertz CT molecular complexity index is 2170. The summed E-state index contributed by atoms with van der Waals surface area (Å²) in [7, 11) is -7.11. The molecule has 0 unspecified atom stereocenters. The van der Waals surface area contributed by atoms with Crippen molar-refractivity contribution in [1.29, 1.82) is 0 Å². The average Bonchev–Trinajstić information content (AvgIpc) is 3.74. The Labute approximate surface area is 344 Å². The maximum Gasteiger partial charge on any atom is 0.243 e. The molecule has 4 aromatic carbocycles. The lowest BCUT2D eigenvalue weighted by Crippen LogP contribution is -2.48. The zero-order valence-corrected chi connectivity index (χ0v) is 36.6. The van der Waals surface area contributed by atoms with Crippen LogP contribution in [0.2, 0.25) is 10.0 Å². The standard InChI is InChI=1S/2C22H27ClN2O2S/c2*1-5-20-21-18(22(3,4)17-12-15(23)8-11-19(17)24-21)13-25(20)28(26,27)16-9-6-14(2)7-10-16/h2*6-12,18,20-21,24H,5,13H2,1-4H3/t2*18-,20-,21+/m10/s1. The highest BCUT2D eigenvalue weighted by Gasteiger charge is 2.56. The second-order valence-electron chi connectivity index (χ2n) is 17.1. The van der Waals surface area contributed by atoms with E-state index < -0.39 is 20.0 Å². The van der Waals surface area contributed by atoms with Crippen molar-refractivity contribution in [2.45, 2.75) is 113 Å². The summed E-state index contributed by atoms with van der Waals surface area (Å²) in [5, 5.41) is 8.70. The molecule has 0 amide bonds. The fourth-order valence-electron chi connectivity index (χ4n) is 9.80. The number of aryl methyl sites for hydroxylation is 2. The van der Waals surface area contributed by atoms with Gasteiger partial charge in [0.1, 0.15) is 0 Å². The zero-order chi connectivity index (χ0) is 40.5. The van der Waals surface area contributed by atoms with Gasteiger partial charge in [-0.25, -0.2) is 16.8 Å². The number of sulfonamides is 2. The number of nitrogens with zero attached hydrogens (tertiary/aromatic N) is 2. The van der Waals surface area contributed by atoms with Crippen molar-refractivity contribution in [1.82, 2.24) is 8.61 Å². The molecule has 0 aromatic heterocycles. The summed E-state index contributed by atoms with van der Waals surface area (Å²) in [6.45, 7) is 17.9.